The van der Waals surface area contributed by atoms with Crippen molar-refractivity contribution < 1.29 is 14.0 Å². The van der Waals surface area contributed by atoms with Crippen LogP contribution in [0.5, 0.6) is 0 Å². The molecule has 1 aliphatic rings. The van der Waals surface area contributed by atoms with E-state index in [1.807, 2.05) is 44.3 Å². The van der Waals surface area contributed by atoms with E-state index >= 15 is 0 Å². The van der Waals surface area contributed by atoms with Gasteiger partial charge < -0.3 is 19.4 Å². The first-order valence-electron chi connectivity index (χ1n) is 11.3. The Balaban J connectivity index is 1.45. The van der Waals surface area contributed by atoms with Crippen molar-refractivity contribution >= 4 is 35.1 Å². The lowest BCUT2D eigenvalue weighted by Gasteiger charge is -2.21. The summed E-state index contributed by atoms with van der Waals surface area (Å²) in [5.41, 5.74) is 3.74. The average Bonchev–Trinajstić information content (AvgIpc) is 3.41. The van der Waals surface area contributed by atoms with Gasteiger partial charge in [-0.2, -0.15) is 0 Å². The Bertz CT molecular complexity index is 1180. The molecule has 1 atom stereocenters. The minimum absolute atomic E-state index is 0.0363. The summed E-state index contributed by atoms with van der Waals surface area (Å²) >= 11 is 0. The summed E-state index contributed by atoms with van der Waals surface area (Å²) in [5, 5.41) is 4.19. The molecule has 0 spiro atoms. The maximum atomic E-state index is 12.7. The molecule has 33 heavy (non-hydrogen) atoms. The molecule has 0 bridgehead atoms. The van der Waals surface area contributed by atoms with Crippen LogP contribution in [0.2, 0.25) is 0 Å². The van der Waals surface area contributed by atoms with Gasteiger partial charge in [-0.05, 0) is 50.1 Å². The maximum absolute atomic E-state index is 12.7. The van der Waals surface area contributed by atoms with Gasteiger partial charge in [0.15, 0.2) is 0 Å². The number of aryl methyl sites for hydroxylation is 1. The van der Waals surface area contributed by atoms with Gasteiger partial charge in [0.25, 0.3) is 0 Å². The van der Waals surface area contributed by atoms with Crippen LogP contribution in [-0.2, 0) is 22.7 Å². The van der Waals surface area contributed by atoms with Gasteiger partial charge in [0, 0.05) is 49.4 Å². The number of nitrogens with one attached hydrogen (secondary N) is 1. The molecule has 1 fully saturated rings. The standard InChI is InChI=1S/C26H30N4O3/c1-18-22-8-4-5-9-23(22)33-24(18)16-29(3)25(32)11-10-19-13-20(26(27-2)28-14-19)15-30-12-6-7-21(30)17-31/h4-5,8-11,13-14,17,21H,6-7,12,15-16H2,1-3H3,(H,27,28)/b11-10+/t21-/m0/s1. The number of likely N-dealkylation sites (tertiary alicyclic amines) is 1. The molecule has 1 amide bonds. The topological polar surface area (TPSA) is 78.7 Å². The molecule has 4 rings (SSSR count). The number of amides is 1. The Labute approximate surface area is 194 Å². The summed E-state index contributed by atoms with van der Waals surface area (Å²) < 4.78 is 5.94. The zero-order chi connectivity index (χ0) is 23.4. The molecule has 3 heterocycles. The lowest BCUT2D eigenvalue weighted by molar-refractivity contribution is -0.125. The third-order valence-corrected chi connectivity index (χ3v) is 6.29. The van der Waals surface area contributed by atoms with E-state index in [4.69, 9.17) is 4.42 Å². The van der Waals surface area contributed by atoms with Crippen LogP contribution in [0.3, 0.4) is 0 Å². The summed E-state index contributed by atoms with van der Waals surface area (Å²) in [4.78, 5) is 32.4. The van der Waals surface area contributed by atoms with Crippen LogP contribution in [0.25, 0.3) is 17.0 Å². The number of fused-ring (bicyclic) bond motifs is 1. The van der Waals surface area contributed by atoms with Crippen molar-refractivity contribution in [2.75, 3.05) is 26.0 Å². The number of carbonyl (C=O) groups excluding carboxylic acids is 2. The predicted molar refractivity (Wildman–Crippen MR) is 130 cm³/mol. The van der Waals surface area contributed by atoms with Gasteiger partial charge in [0.05, 0.1) is 12.6 Å². The highest BCUT2D eigenvalue weighted by molar-refractivity contribution is 5.91. The monoisotopic (exact) mass is 446 g/mol. The molecule has 1 aliphatic heterocycles. The van der Waals surface area contributed by atoms with E-state index in [0.29, 0.717) is 13.1 Å². The molecule has 1 aromatic carbocycles. The first kappa shape index (κ1) is 22.7. The molecule has 172 valence electrons. The van der Waals surface area contributed by atoms with Crippen molar-refractivity contribution in [1.29, 1.82) is 0 Å². The van der Waals surface area contributed by atoms with Gasteiger partial charge >= 0.3 is 0 Å². The van der Waals surface area contributed by atoms with Gasteiger partial charge in [-0.1, -0.05) is 18.2 Å². The summed E-state index contributed by atoms with van der Waals surface area (Å²) in [6, 6.07) is 9.87. The van der Waals surface area contributed by atoms with E-state index in [-0.39, 0.29) is 11.9 Å². The van der Waals surface area contributed by atoms with Crippen molar-refractivity contribution in [1.82, 2.24) is 14.8 Å². The molecular formula is C26H30N4O3. The number of nitrogens with zero attached hydrogens (tertiary/aromatic N) is 3. The zero-order valence-corrected chi connectivity index (χ0v) is 19.4. The van der Waals surface area contributed by atoms with Crippen molar-refractivity contribution in [3.63, 3.8) is 0 Å². The minimum atomic E-state index is -0.116. The van der Waals surface area contributed by atoms with Crippen LogP contribution in [0.15, 0.2) is 47.0 Å². The minimum Gasteiger partial charge on any atom is -0.459 e. The van der Waals surface area contributed by atoms with Crippen LogP contribution < -0.4 is 5.32 Å². The highest BCUT2D eigenvalue weighted by Crippen LogP contribution is 2.26. The number of hydrogen-bond acceptors (Lipinski definition) is 6. The average molecular weight is 447 g/mol. The number of hydrogen-bond donors (Lipinski definition) is 1. The highest BCUT2D eigenvalue weighted by atomic mass is 16.3. The zero-order valence-electron chi connectivity index (χ0n) is 19.4. The highest BCUT2D eigenvalue weighted by Gasteiger charge is 2.24. The molecule has 7 nitrogen and oxygen atoms in total. The van der Waals surface area contributed by atoms with Crippen molar-refractivity contribution in [3.05, 3.63) is 65.1 Å². The fraction of sp³-hybridized carbons (Fsp3) is 0.346. The number of pyridine rings is 1. The largest absolute Gasteiger partial charge is 0.459 e. The van der Waals surface area contributed by atoms with Crippen LogP contribution >= 0.6 is 0 Å². The Kier molecular flexibility index (Phi) is 6.89. The molecule has 0 aliphatic carbocycles. The predicted octanol–water partition coefficient (Wildman–Crippen LogP) is 4.01. The third kappa shape index (κ3) is 4.98. The van der Waals surface area contributed by atoms with E-state index in [9.17, 15) is 9.59 Å². The summed E-state index contributed by atoms with van der Waals surface area (Å²) in [6.45, 7) is 3.96. The van der Waals surface area contributed by atoms with Crippen LogP contribution in [0.4, 0.5) is 5.82 Å². The van der Waals surface area contributed by atoms with Crippen molar-refractivity contribution in [2.24, 2.45) is 0 Å². The Morgan fingerprint density at radius 1 is 1.36 bits per heavy atom. The molecular weight excluding hydrogens is 416 g/mol. The second kappa shape index (κ2) is 10.0. The normalized spacial score (nSPS) is 16.5. The number of carbonyl (C=O) groups is 2. The molecule has 7 heteroatoms. The maximum Gasteiger partial charge on any atom is 0.246 e. The molecule has 0 radical (unpaired) electrons. The lowest BCUT2D eigenvalue weighted by Crippen LogP contribution is -2.30. The van der Waals surface area contributed by atoms with Gasteiger partial charge in [-0.3, -0.25) is 9.69 Å². The molecule has 1 N–H and O–H groups in total. The fourth-order valence-electron chi connectivity index (χ4n) is 4.35. The number of benzene rings is 1. The number of aromatic nitrogens is 1. The molecule has 1 saturated heterocycles. The summed E-state index contributed by atoms with van der Waals surface area (Å²) in [6.07, 6.45) is 8.03. The number of anilines is 1. The van der Waals surface area contributed by atoms with E-state index in [1.165, 1.54) is 0 Å². The first-order valence-corrected chi connectivity index (χ1v) is 11.3. The van der Waals surface area contributed by atoms with E-state index in [0.717, 1.165) is 64.9 Å². The summed E-state index contributed by atoms with van der Waals surface area (Å²) in [7, 11) is 3.60. The Morgan fingerprint density at radius 3 is 2.94 bits per heavy atom. The molecule has 0 unspecified atom stereocenters. The number of aldehydes is 1. The van der Waals surface area contributed by atoms with Crippen LogP contribution in [0.1, 0.15) is 35.3 Å². The molecule has 3 aromatic rings. The quantitative estimate of drug-likeness (QED) is 0.416. The van der Waals surface area contributed by atoms with Crippen molar-refractivity contribution in [3.8, 4) is 0 Å². The Morgan fingerprint density at radius 2 is 2.18 bits per heavy atom. The number of furan rings is 1. The Hall–Kier alpha value is -3.45. The smallest absolute Gasteiger partial charge is 0.246 e. The van der Waals surface area contributed by atoms with Crippen LogP contribution in [0, 0.1) is 6.92 Å². The SMILES string of the molecule is CNc1ncc(/C=C/C(=O)N(C)Cc2oc3ccccc3c2C)cc1CN1CCC[C@H]1C=O. The number of rotatable bonds is 8. The molecule has 2 aromatic heterocycles. The van der Waals surface area contributed by atoms with Crippen LogP contribution in [-0.4, -0.2) is 53.7 Å². The van der Waals surface area contributed by atoms with Gasteiger partial charge in [0.2, 0.25) is 5.91 Å². The van der Waals surface area contributed by atoms with E-state index in [2.05, 4.69) is 15.2 Å². The molecule has 0 saturated carbocycles. The third-order valence-electron chi connectivity index (χ3n) is 6.29. The van der Waals surface area contributed by atoms with E-state index < -0.39 is 0 Å². The second-order valence-electron chi connectivity index (χ2n) is 8.52. The first-order chi connectivity index (χ1) is 16.0. The lowest BCUT2D eigenvalue weighted by atomic mass is 10.1. The number of para-hydroxylation sites is 1. The second-order valence-corrected chi connectivity index (χ2v) is 8.52. The summed E-state index contributed by atoms with van der Waals surface area (Å²) in [5.74, 6) is 1.46. The number of likely N-dealkylation sites (N-methyl/N-ethyl adjacent to an activating group) is 1. The van der Waals surface area contributed by atoms with Gasteiger partial charge in [0.1, 0.15) is 23.4 Å². The van der Waals surface area contributed by atoms with Gasteiger partial charge in [-0.25, -0.2) is 4.98 Å². The van der Waals surface area contributed by atoms with Gasteiger partial charge in [-0.15, -0.1) is 0 Å². The van der Waals surface area contributed by atoms with E-state index in [1.54, 1.807) is 30.3 Å². The van der Waals surface area contributed by atoms with Crippen molar-refractivity contribution in [2.45, 2.75) is 38.9 Å². The fourth-order valence-corrected chi connectivity index (χ4v) is 4.35.